The zero-order valence-corrected chi connectivity index (χ0v) is 14.1. The van der Waals surface area contributed by atoms with E-state index in [0.717, 1.165) is 36.5 Å². The van der Waals surface area contributed by atoms with Crippen LogP contribution in [0.5, 0.6) is 0 Å². The third kappa shape index (κ3) is 2.95. The number of carbonyl (C=O) groups excluding carboxylic acids is 1. The van der Waals surface area contributed by atoms with E-state index in [0.29, 0.717) is 23.8 Å². The van der Waals surface area contributed by atoms with Gasteiger partial charge in [0, 0.05) is 6.54 Å². The number of nitrogens with one attached hydrogen (secondary N) is 1. The van der Waals surface area contributed by atoms with Crippen LogP contribution in [0.15, 0.2) is 0 Å². The van der Waals surface area contributed by atoms with Crippen molar-refractivity contribution in [1.82, 2.24) is 30.0 Å². The van der Waals surface area contributed by atoms with Gasteiger partial charge in [-0.05, 0) is 47.0 Å². The molecule has 7 nitrogen and oxygen atoms in total. The fourth-order valence-electron chi connectivity index (χ4n) is 3.01. The van der Waals surface area contributed by atoms with Gasteiger partial charge in [0.1, 0.15) is 11.5 Å². The molecule has 3 heterocycles. The topological polar surface area (TPSA) is 87.7 Å². The molecule has 23 heavy (non-hydrogen) atoms. The minimum Gasteiger partial charge on any atom is -0.327 e. The van der Waals surface area contributed by atoms with Crippen molar-refractivity contribution in [2.75, 3.05) is 6.54 Å². The normalized spacial score (nSPS) is 18.3. The lowest BCUT2D eigenvalue weighted by molar-refractivity contribution is 0.0592. The number of aromatic amines is 1. The quantitative estimate of drug-likeness (QED) is 0.918. The van der Waals surface area contributed by atoms with Gasteiger partial charge in [0.15, 0.2) is 5.82 Å². The molecule has 0 aromatic carbocycles. The highest BCUT2D eigenvalue weighted by Crippen LogP contribution is 2.30. The molecule has 1 atom stereocenters. The zero-order chi connectivity index (χ0) is 16.6. The summed E-state index contributed by atoms with van der Waals surface area (Å²) in [6, 6.07) is -0.0935. The number of amides is 1. The molecular formula is C16H22N6O. The van der Waals surface area contributed by atoms with E-state index in [1.54, 1.807) is 0 Å². The summed E-state index contributed by atoms with van der Waals surface area (Å²) in [5, 5.41) is 7.12. The number of H-pyrrole nitrogens is 1. The first-order valence-electron chi connectivity index (χ1n) is 7.99. The van der Waals surface area contributed by atoms with Crippen molar-refractivity contribution >= 4 is 5.91 Å². The summed E-state index contributed by atoms with van der Waals surface area (Å²) in [5.74, 6) is 1.37. The fourth-order valence-corrected chi connectivity index (χ4v) is 3.01. The standard InChI is InChI=1S/C16H22N6O/c1-9-10(2)18-14(11(3)17-9)16(23)22-8-6-5-7-13(22)15-19-12(4)20-21-15/h13H,5-8H2,1-4H3,(H,19,20,21). The number of carbonyl (C=O) groups is 1. The van der Waals surface area contributed by atoms with Gasteiger partial charge in [-0.25, -0.2) is 9.97 Å². The van der Waals surface area contributed by atoms with Crippen LogP contribution in [0.1, 0.15) is 64.5 Å². The molecular weight excluding hydrogens is 292 g/mol. The molecule has 122 valence electrons. The second-order valence-electron chi connectivity index (χ2n) is 6.12. The number of piperidine rings is 1. The summed E-state index contributed by atoms with van der Waals surface area (Å²) in [6.45, 7) is 8.19. The Morgan fingerprint density at radius 3 is 2.48 bits per heavy atom. The third-order valence-electron chi connectivity index (χ3n) is 4.36. The molecule has 0 saturated carbocycles. The maximum atomic E-state index is 13.0. The van der Waals surface area contributed by atoms with Gasteiger partial charge >= 0.3 is 0 Å². The molecule has 1 aliphatic heterocycles. The number of hydrogen-bond donors (Lipinski definition) is 1. The van der Waals surface area contributed by atoms with Crippen LogP contribution in [-0.2, 0) is 0 Å². The van der Waals surface area contributed by atoms with Gasteiger partial charge in [-0.3, -0.25) is 14.9 Å². The van der Waals surface area contributed by atoms with Crippen molar-refractivity contribution in [2.24, 2.45) is 0 Å². The molecule has 0 radical (unpaired) electrons. The minimum absolute atomic E-state index is 0.0785. The van der Waals surface area contributed by atoms with E-state index >= 15 is 0 Å². The fraction of sp³-hybridized carbons (Fsp3) is 0.562. The first-order chi connectivity index (χ1) is 11.0. The Balaban J connectivity index is 1.94. The Morgan fingerprint density at radius 2 is 1.78 bits per heavy atom. The lowest BCUT2D eigenvalue weighted by Crippen LogP contribution is -2.40. The van der Waals surface area contributed by atoms with Crippen LogP contribution in [0.3, 0.4) is 0 Å². The lowest BCUT2D eigenvalue weighted by Gasteiger charge is -2.34. The zero-order valence-electron chi connectivity index (χ0n) is 14.1. The summed E-state index contributed by atoms with van der Waals surface area (Å²) in [5.41, 5.74) is 2.76. The Hall–Kier alpha value is -2.31. The molecule has 0 aliphatic carbocycles. The molecule has 1 aliphatic rings. The van der Waals surface area contributed by atoms with E-state index < -0.39 is 0 Å². The Morgan fingerprint density at radius 1 is 1.04 bits per heavy atom. The second kappa shape index (κ2) is 6.06. The van der Waals surface area contributed by atoms with Crippen LogP contribution in [0, 0.1) is 27.7 Å². The Bertz CT molecular complexity index is 738. The van der Waals surface area contributed by atoms with E-state index in [1.807, 2.05) is 32.6 Å². The van der Waals surface area contributed by atoms with E-state index in [4.69, 9.17) is 0 Å². The minimum atomic E-state index is -0.0935. The van der Waals surface area contributed by atoms with Crippen molar-refractivity contribution in [1.29, 1.82) is 0 Å². The van der Waals surface area contributed by atoms with Crippen LogP contribution in [0.4, 0.5) is 0 Å². The molecule has 7 heteroatoms. The number of aromatic nitrogens is 5. The van der Waals surface area contributed by atoms with Gasteiger partial charge in [0.05, 0.1) is 23.1 Å². The molecule has 3 rings (SSSR count). The highest BCUT2D eigenvalue weighted by Gasteiger charge is 2.32. The van der Waals surface area contributed by atoms with Gasteiger partial charge in [0.2, 0.25) is 0 Å². The summed E-state index contributed by atoms with van der Waals surface area (Å²) in [6.07, 6.45) is 2.93. The maximum absolute atomic E-state index is 13.0. The molecule has 2 aromatic rings. The molecule has 1 amide bonds. The molecule has 1 fully saturated rings. The first-order valence-corrected chi connectivity index (χ1v) is 7.99. The van der Waals surface area contributed by atoms with Crippen LogP contribution in [0.25, 0.3) is 0 Å². The largest absolute Gasteiger partial charge is 0.327 e. The number of likely N-dealkylation sites (tertiary alicyclic amines) is 1. The van der Waals surface area contributed by atoms with Gasteiger partial charge in [0.25, 0.3) is 5.91 Å². The number of nitrogens with zero attached hydrogens (tertiary/aromatic N) is 5. The number of hydrogen-bond acceptors (Lipinski definition) is 5. The predicted octanol–water partition coefficient (Wildman–Crippen LogP) is 2.20. The van der Waals surface area contributed by atoms with Crippen molar-refractivity contribution in [3.63, 3.8) is 0 Å². The molecule has 1 saturated heterocycles. The molecule has 0 bridgehead atoms. The highest BCUT2D eigenvalue weighted by atomic mass is 16.2. The molecule has 1 unspecified atom stereocenters. The van der Waals surface area contributed by atoms with Crippen LogP contribution >= 0.6 is 0 Å². The van der Waals surface area contributed by atoms with E-state index in [1.165, 1.54) is 0 Å². The van der Waals surface area contributed by atoms with Crippen LogP contribution in [-0.4, -0.2) is 42.5 Å². The second-order valence-corrected chi connectivity index (χ2v) is 6.12. The first kappa shape index (κ1) is 15.6. The molecule has 1 N–H and O–H groups in total. The van der Waals surface area contributed by atoms with Gasteiger partial charge in [-0.2, -0.15) is 5.10 Å². The maximum Gasteiger partial charge on any atom is 0.274 e. The number of aryl methyl sites for hydroxylation is 4. The summed E-state index contributed by atoms with van der Waals surface area (Å²) >= 11 is 0. The average Bonchev–Trinajstić information content (AvgIpc) is 2.96. The van der Waals surface area contributed by atoms with Crippen LogP contribution in [0.2, 0.25) is 0 Å². The molecule has 0 spiro atoms. The highest BCUT2D eigenvalue weighted by molar-refractivity contribution is 5.93. The van der Waals surface area contributed by atoms with Crippen molar-refractivity contribution in [3.05, 3.63) is 34.4 Å². The van der Waals surface area contributed by atoms with Gasteiger partial charge in [-0.1, -0.05) is 0 Å². The molecule has 2 aromatic heterocycles. The van der Waals surface area contributed by atoms with E-state index in [-0.39, 0.29) is 11.9 Å². The van der Waals surface area contributed by atoms with Gasteiger partial charge in [-0.15, -0.1) is 0 Å². The number of rotatable bonds is 2. The smallest absolute Gasteiger partial charge is 0.274 e. The predicted molar refractivity (Wildman–Crippen MR) is 85.0 cm³/mol. The average molecular weight is 314 g/mol. The van der Waals surface area contributed by atoms with Crippen molar-refractivity contribution in [2.45, 2.75) is 53.0 Å². The summed E-state index contributed by atoms with van der Waals surface area (Å²) < 4.78 is 0. The monoisotopic (exact) mass is 314 g/mol. The summed E-state index contributed by atoms with van der Waals surface area (Å²) in [4.78, 5) is 28.2. The van der Waals surface area contributed by atoms with Crippen LogP contribution < -0.4 is 0 Å². The van der Waals surface area contributed by atoms with Gasteiger partial charge < -0.3 is 4.90 Å². The third-order valence-corrected chi connectivity index (χ3v) is 4.36. The van der Waals surface area contributed by atoms with Crippen molar-refractivity contribution < 1.29 is 4.79 Å². The Kier molecular flexibility index (Phi) is 4.11. The van der Waals surface area contributed by atoms with E-state index in [2.05, 4.69) is 25.1 Å². The van der Waals surface area contributed by atoms with Crippen molar-refractivity contribution in [3.8, 4) is 0 Å². The van der Waals surface area contributed by atoms with E-state index in [9.17, 15) is 4.79 Å². The summed E-state index contributed by atoms with van der Waals surface area (Å²) in [7, 11) is 0. The Labute approximate surface area is 135 Å². The SMILES string of the molecule is Cc1nc(C2CCCCN2C(=O)c2nc(C)c(C)nc2C)n[nH]1. The lowest BCUT2D eigenvalue weighted by atomic mass is 10.0.